The number of ether oxygens (including phenoxy) is 2. The number of alkyl halides is 6. The summed E-state index contributed by atoms with van der Waals surface area (Å²) in [7, 11) is -4.33. The first kappa shape index (κ1) is 22.9. The second-order valence-electron chi connectivity index (χ2n) is 5.99. The topological polar surface area (TPSA) is 90.4 Å². The number of aromatic nitrogens is 2. The van der Waals surface area contributed by atoms with E-state index in [4.69, 9.17) is 0 Å². The number of rotatable bonds is 7. The van der Waals surface area contributed by atoms with Gasteiger partial charge in [0.2, 0.25) is 0 Å². The van der Waals surface area contributed by atoms with Crippen molar-refractivity contribution in [2.24, 2.45) is 0 Å². The zero-order valence-electron chi connectivity index (χ0n) is 15.0. The number of benzene rings is 2. The molecule has 168 valence electrons. The number of fused-ring (bicyclic) bond motifs is 1. The second kappa shape index (κ2) is 8.37. The van der Waals surface area contributed by atoms with Crippen molar-refractivity contribution in [3.8, 4) is 11.5 Å². The highest BCUT2D eigenvalue weighted by molar-refractivity contribution is 7.93. The third-order valence-corrected chi connectivity index (χ3v) is 5.43. The van der Waals surface area contributed by atoms with Crippen LogP contribution in [0.2, 0.25) is 0 Å². The lowest BCUT2D eigenvalue weighted by molar-refractivity contribution is -0.153. The van der Waals surface area contributed by atoms with Crippen molar-refractivity contribution in [1.29, 1.82) is 0 Å². The molecule has 2 aromatic carbocycles. The highest BCUT2D eigenvalue weighted by Gasteiger charge is 2.30. The average Bonchev–Trinajstić information content (AvgIpc) is 3.12. The van der Waals surface area contributed by atoms with Gasteiger partial charge in [0, 0.05) is 18.2 Å². The molecule has 3 aromatic rings. The van der Waals surface area contributed by atoms with Crippen LogP contribution in [0.25, 0.3) is 11.0 Å². The third kappa shape index (κ3) is 6.33. The van der Waals surface area contributed by atoms with Gasteiger partial charge in [0.05, 0.1) is 17.4 Å². The monoisotopic (exact) mass is 487 g/mol. The summed E-state index contributed by atoms with van der Waals surface area (Å²) < 4.78 is 119. The van der Waals surface area contributed by atoms with E-state index in [0.29, 0.717) is 5.52 Å². The molecule has 0 aliphatic rings. The van der Waals surface area contributed by atoms with Crippen LogP contribution in [0.15, 0.2) is 41.3 Å². The Labute approximate surface area is 175 Å². The Morgan fingerprint density at radius 2 is 1.48 bits per heavy atom. The number of sulfonamides is 1. The Morgan fingerprint density at radius 3 is 2.03 bits per heavy atom. The summed E-state index contributed by atoms with van der Waals surface area (Å²) in [6.07, 6.45) is -9.45. The molecule has 31 heavy (non-hydrogen) atoms. The number of nitrogens with one attached hydrogen (secondary N) is 1. The second-order valence-corrected chi connectivity index (χ2v) is 8.17. The number of hydrogen-bond donors (Lipinski definition) is 1. The lowest BCUT2D eigenvalue weighted by atomic mass is 10.3. The molecule has 0 aliphatic carbocycles. The summed E-state index contributed by atoms with van der Waals surface area (Å²) in [6, 6.07) is 6.68. The summed E-state index contributed by atoms with van der Waals surface area (Å²) in [5, 5.41) is 0. The lowest BCUT2D eigenvalue weighted by Gasteiger charge is -2.15. The number of nitrogens with zero attached hydrogens (tertiary/aromatic N) is 2. The molecule has 0 fully saturated rings. The molecule has 0 aliphatic heterocycles. The highest BCUT2D eigenvalue weighted by Crippen LogP contribution is 2.31. The predicted molar refractivity (Wildman–Crippen MR) is 97.8 cm³/mol. The van der Waals surface area contributed by atoms with Gasteiger partial charge in [-0.1, -0.05) is 6.07 Å². The predicted octanol–water partition coefficient (Wildman–Crippen LogP) is 4.37. The maximum absolute atomic E-state index is 12.8. The minimum atomic E-state index is -4.73. The van der Waals surface area contributed by atoms with Crippen LogP contribution in [0, 0.1) is 0 Å². The Balaban J connectivity index is 1.93. The lowest BCUT2D eigenvalue weighted by Crippen LogP contribution is -2.20. The Morgan fingerprint density at radius 1 is 0.903 bits per heavy atom. The van der Waals surface area contributed by atoms with Gasteiger partial charge in [0.25, 0.3) is 10.0 Å². The van der Waals surface area contributed by atoms with Gasteiger partial charge in [-0.15, -0.1) is 0 Å². The zero-order chi connectivity index (χ0) is 22.9. The average molecular weight is 487 g/mol. The first-order chi connectivity index (χ1) is 14.3. The number of hydrogen-bond acceptors (Lipinski definition) is 7. The SMILES string of the molecule is O=S(=O)(Nc1cc(OCC(F)(F)F)cc(OCC(F)(F)F)c1)c1cccc2nsnc12. The molecular formula is C16H11F6N3O4S2. The van der Waals surface area contributed by atoms with Gasteiger partial charge in [-0.2, -0.15) is 35.1 Å². The van der Waals surface area contributed by atoms with E-state index in [-0.39, 0.29) is 16.1 Å². The van der Waals surface area contributed by atoms with E-state index in [1.807, 2.05) is 0 Å². The Hall–Kier alpha value is -2.81. The van der Waals surface area contributed by atoms with Crippen molar-refractivity contribution in [3.63, 3.8) is 0 Å². The Kier molecular flexibility index (Phi) is 6.18. The number of anilines is 1. The van der Waals surface area contributed by atoms with Crippen LogP contribution < -0.4 is 14.2 Å². The van der Waals surface area contributed by atoms with Gasteiger partial charge in [0.1, 0.15) is 27.4 Å². The maximum atomic E-state index is 12.8. The van der Waals surface area contributed by atoms with Crippen molar-refractivity contribution in [3.05, 3.63) is 36.4 Å². The third-order valence-electron chi connectivity index (χ3n) is 3.48. The molecular weight excluding hydrogens is 476 g/mol. The van der Waals surface area contributed by atoms with E-state index in [9.17, 15) is 34.8 Å². The molecule has 1 aromatic heterocycles. The summed E-state index contributed by atoms with van der Waals surface area (Å²) in [5.41, 5.74) is -0.0283. The van der Waals surface area contributed by atoms with Gasteiger partial charge in [-0.3, -0.25) is 4.72 Å². The van der Waals surface area contributed by atoms with E-state index < -0.39 is 47.1 Å². The number of halogens is 6. The largest absolute Gasteiger partial charge is 0.484 e. The summed E-state index contributed by atoms with van der Waals surface area (Å²) in [4.78, 5) is -0.280. The molecule has 0 spiro atoms. The van der Waals surface area contributed by atoms with Crippen LogP contribution >= 0.6 is 11.7 Å². The Bertz CT molecular complexity index is 1140. The molecule has 0 saturated heterocycles. The van der Waals surface area contributed by atoms with Crippen molar-refractivity contribution in [1.82, 2.24) is 8.75 Å². The van der Waals surface area contributed by atoms with Crippen LogP contribution in [0.4, 0.5) is 32.0 Å². The molecule has 0 radical (unpaired) electrons. The summed E-state index contributed by atoms with van der Waals surface area (Å²) in [5.74, 6) is -1.11. The fourth-order valence-corrected chi connectivity index (χ4v) is 4.14. The molecule has 0 amide bonds. The normalized spacial score (nSPS) is 12.7. The van der Waals surface area contributed by atoms with Crippen LogP contribution in [0.3, 0.4) is 0 Å². The highest BCUT2D eigenvalue weighted by atomic mass is 32.2. The van der Waals surface area contributed by atoms with Gasteiger partial charge >= 0.3 is 12.4 Å². The molecule has 7 nitrogen and oxygen atoms in total. The molecule has 0 saturated carbocycles. The first-order valence-corrected chi connectivity index (χ1v) is 10.3. The molecule has 0 atom stereocenters. The molecule has 1 N–H and O–H groups in total. The van der Waals surface area contributed by atoms with Crippen molar-refractivity contribution in [2.45, 2.75) is 17.2 Å². The van der Waals surface area contributed by atoms with Crippen molar-refractivity contribution in [2.75, 3.05) is 17.9 Å². The van der Waals surface area contributed by atoms with Crippen molar-refractivity contribution >= 4 is 38.5 Å². The van der Waals surface area contributed by atoms with Gasteiger partial charge in [-0.25, -0.2) is 8.42 Å². The van der Waals surface area contributed by atoms with E-state index in [0.717, 1.165) is 29.9 Å². The van der Waals surface area contributed by atoms with E-state index in [1.54, 1.807) is 0 Å². The van der Waals surface area contributed by atoms with E-state index >= 15 is 0 Å². The van der Waals surface area contributed by atoms with Gasteiger partial charge in [0.15, 0.2) is 13.2 Å². The van der Waals surface area contributed by atoms with Gasteiger partial charge < -0.3 is 9.47 Å². The van der Waals surface area contributed by atoms with Gasteiger partial charge in [-0.05, 0) is 12.1 Å². The van der Waals surface area contributed by atoms with Crippen LogP contribution in [0.5, 0.6) is 11.5 Å². The quantitative estimate of drug-likeness (QED) is 0.498. The zero-order valence-corrected chi connectivity index (χ0v) is 16.6. The minimum absolute atomic E-state index is 0.0537. The van der Waals surface area contributed by atoms with Crippen LogP contribution in [-0.4, -0.2) is 42.7 Å². The molecule has 0 bridgehead atoms. The minimum Gasteiger partial charge on any atom is -0.484 e. The van der Waals surface area contributed by atoms with E-state index in [1.165, 1.54) is 18.2 Å². The first-order valence-electron chi connectivity index (χ1n) is 8.11. The van der Waals surface area contributed by atoms with E-state index in [2.05, 4.69) is 22.9 Å². The summed E-state index contributed by atoms with van der Waals surface area (Å²) in [6.45, 7) is -3.49. The molecule has 15 heteroatoms. The standard InChI is InChI=1S/C16H11F6N3O4S2/c17-15(18,19)7-28-10-4-9(5-11(6-10)29-8-16(20,21)22)25-31(26,27)13-3-1-2-12-14(13)24-30-23-12/h1-6,25H,7-8H2. The maximum Gasteiger partial charge on any atom is 0.422 e. The van der Waals surface area contributed by atoms with Crippen molar-refractivity contribution < 1.29 is 44.2 Å². The van der Waals surface area contributed by atoms with Crippen LogP contribution in [-0.2, 0) is 10.0 Å². The van der Waals surface area contributed by atoms with Crippen LogP contribution in [0.1, 0.15) is 0 Å². The smallest absolute Gasteiger partial charge is 0.422 e. The molecule has 0 unspecified atom stereocenters. The molecule has 1 heterocycles. The summed E-state index contributed by atoms with van der Waals surface area (Å²) >= 11 is 0.767. The fraction of sp³-hybridized carbons (Fsp3) is 0.250. The molecule has 3 rings (SSSR count). The fourth-order valence-electron chi connectivity index (χ4n) is 2.34.